The molecule has 6 heteroatoms. The third-order valence-electron chi connectivity index (χ3n) is 2.85. The average molecular weight is 260 g/mol. The first-order chi connectivity index (χ1) is 8.40. The average Bonchev–Trinajstić information content (AvgIpc) is 2.27. The van der Waals surface area contributed by atoms with E-state index >= 15 is 0 Å². The van der Waals surface area contributed by atoms with Crippen molar-refractivity contribution in [3.05, 3.63) is 0 Å². The van der Waals surface area contributed by atoms with Gasteiger partial charge in [-0.25, -0.2) is 9.59 Å². The standard InChI is InChI=1S/C12H24N2O4/c1-4-8(2)7-9(3)13-12(18)14-10(5-6-15)11(16)17/h8-10,15H,4-7H2,1-3H3,(H,16,17)(H2,13,14,18). The molecule has 0 aliphatic heterocycles. The Labute approximate surface area is 108 Å². The van der Waals surface area contributed by atoms with Crippen molar-refractivity contribution in [1.82, 2.24) is 10.6 Å². The lowest BCUT2D eigenvalue weighted by Crippen LogP contribution is -2.48. The van der Waals surface area contributed by atoms with Crippen LogP contribution in [0.2, 0.25) is 0 Å². The molecule has 6 nitrogen and oxygen atoms in total. The Balaban J connectivity index is 4.11. The van der Waals surface area contributed by atoms with E-state index < -0.39 is 18.0 Å². The van der Waals surface area contributed by atoms with Crippen molar-refractivity contribution in [2.75, 3.05) is 6.61 Å². The molecule has 0 spiro atoms. The van der Waals surface area contributed by atoms with E-state index in [-0.39, 0.29) is 19.1 Å². The highest BCUT2D eigenvalue weighted by Gasteiger charge is 2.20. The molecule has 0 aromatic carbocycles. The van der Waals surface area contributed by atoms with E-state index in [0.29, 0.717) is 5.92 Å². The molecule has 0 aromatic heterocycles. The number of aliphatic hydroxyl groups is 1. The summed E-state index contributed by atoms with van der Waals surface area (Å²) in [6.45, 7) is 5.79. The van der Waals surface area contributed by atoms with Crippen LogP contribution < -0.4 is 10.6 Å². The predicted molar refractivity (Wildman–Crippen MR) is 68.3 cm³/mol. The summed E-state index contributed by atoms with van der Waals surface area (Å²) in [7, 11) is 0. The number of urea groups is 1. The van der Waals surface area contributed by atoms with Gasteiger partial charge in [0.2, 0.25) is 0 Å². The summed E-state index contributed by atoms with van der Waals surface area (Å²) >= 11 is 0. The molecule has 0 bridgehead atoms. The fourth-order valence-corrected chi connectivity index (χ4v) is 1.64. The van der Waals surface area contributed by atoms with Gasteiger partial charge in [0.05, 0.1) is 0 Å². The predicted octanol–water partition coefficient (Wildman–Crippen LogP) is 0.946. The second kappa shape index (κ2) is 8.74. The van der Waals surface area contributed by atoms with Gasteiger partial charge in [0.15, 0.2) is 0 Å². The number of aliphatic hydroxyl groups excluding tert-OH is 1. The Bertz CT molecular complexity index is 271. The maximum Gasteiger partial charge on any atom is 0.326 e. The lowest BCUT2D eigenvalue weighted by Gasteiger charge is -2.20. The van der Waals surface area contributed by atoms with Crippen LogP contribution in [0, 0.1) is 5.92 Å². The lowest BCUT2D eigenvalue weighted by molar-refractivity contribution is -0.139. The molecule has 0 saturated carbocycles. The highest BCUT2D eigenvalue weighted by molar-refractivity contribution is 5.82. The van der Waals surface area contributed by atoms with Crippen LogP contribution in [0.15, 0.2) is 0 Å². The molecule has 2 amide bonds. The monoisotopic (exact) mass is 260 g/mol. The molecule has 4 N–H and O–H groups in total. The molecule has 18 heavy (non-hydrogen) atoms. The van der Waals surface area contributed by atoms with Crippen LogP contribution in [0.25, 0.3) is 0 Å². The zero-order valence-electron chi connectivity index (χ0n) is 11.3. The molecule has 0 aliphatic rings. The van der Waals surface area contributed by atoms with Crippen molar-refractivity contribution in [3.8, 4) is 0 Å². The van der Waals surface area contributed by atoms with E-state index in [1.165, 1.54) is 0 Å². The first-order valence-corrected chi connectivity index (χ1v) is 6.31. The minimum Gasteiger partial charge on any atom is -0.480 e. The molecule has 0 heterocycles. The number of hydrogen-bond donors (Lipinski definition) is 4. The van der Waals surface area contributed by atoms with Crippen molar-refractivity contribution in [2.45, 2.75) is 52.1 Å². The minimum atomic E-state index is -1.14. The van der Waals surface area contributed by atoms with Crippen molar-refractivity contribution in [1.29, 1.82) is 0 Å². The van der Waals surface area contributed by atoms with Gasteiger partial charge in [-0.1, -0.05) is 20.3 Å². The summed E-state index contributed by atoms with van der Waals surface area (Å²) < 4.78 is 0. The molecular weight excluding hydrogens is 236 g/mol. The maximum atomic E-state index is 11.5. The lowest BCUT2D eigenvalue weighted by atomic mass is 10.0. The number of nitrogens with one attached hydrogen (secondary N) is 2. The summed E-state index contributed by atoms with van der Waals surface area (Å²) in [5, 5.41) is 22.5. The van der Waals surface area contributed by atoms with Crippen molar-refractivity contribution in [3.63, 3.8) is 0 Å². The largest absolute Gasteiger partial charge is 0.480 e. The molecule has 0 fully saturated rings. The zero-order valence-corrected chi connectivity index (χ0v) is 11.3. The first kappa shape index (κ1) is 16.7. The third-order valence-corrected chi connectivity index (χ3v) is 2.85. The highest BCUT2D eigenvalue weighted by Crippen LogP contribution is 2.09. The molecule has 3 atom stereocenters. The van der Waals surface area contributed by atoms with Crippen LogP contribution >= 0.6 is 0 Å². The van der Waals surface area contributed by atoms with Crippen LogP contribution in [-0.4, -0.2) is 40.9 Å². The van der Waals surface area contributed by atoms with Crippen molar-refractivity contribution >= 4 is 12.0 Å². The normalized spacial score (nSPS) is 15.6. The second-order valence-electron chi connectivity index (χ2n) is 4.67. The third kappa shape index (κ3) is 7.11. The smallest absolute Gasteiger partial charge is 0.326 e. The SMILES string of the molecule is CCC(C)CC(C)NC(=O)NC(CCO)C(=O)O. The summed E-state index contributed by atoms with van der Waals surface area (Å²) in [6.07, 6.45) is 1.89. The van der Waals surface area contributed by atoms with Gasteiger partial charge >= 0.3 is 12.0 Å². The molecule has 0 saturated heterocycles. The summed E-state index contributed by atoms with van der Waals surface area (Å²) in [4.78, 5) is 22.3. The van der Waals surface area contributed by atoms with Crippen LogP contribution in [0.3, 0.4) is 0 Å². The number of carboxylic acids is 1. The Morgan fingerprint density at radius 3 is 2.28 bits per heavy atom. The molecular formula is C12H24N2O4. The molecule has 3 unspecified atom stereocenters. The Kier molecular flexibility index (Phi) is 8.11. The van der Waals surface area contributed by atoms with Gasteiger partial charge in [-0.15, -0.1) is 0 Å². The number of aliphatic carboxylic acids is 1. The number of carbonyl (C=O) groups excluding carboxylic acids is 1. The van der Waals surface area contributed by atoms with Crippen LogP contribution in [0.1, 0.15) is 40.0 Å². The molecule has 0 aliphatic carbocycles. The fraction of sp³-hybridized carbons (Fsp3) is 0.833. The number of hydrogen-bond acceptors (Lipinski definition) is 3. The highest BCUT2D eigenvalue weighted by atomic mass is 16.4. The number of carboxylic acid groups (broad SMARTS) is 1. The van der Waals surface area contributed by atoms with Gasteiger partial charge in [0.1, 0.15) is 6.04 Å². The topological polar surface area (TPSA) is 98.7 Å². The Morgan fingerprint density at radius 2 is 1.83 bits per heavy atom. The molecule has 0 rings (SSSR count). The summed E-state index contributed by atoms with van der Waals surface area (Å²) in [5.41, 5.74) is 0. The van der Waals surface area contributed by atoms with E-state index in [1.54, 1.807) is 0 Å². The van der Waals surface area contributed by atoms with Gasteiger partial charge in [0.25, 0.3) is 0 Å². The molecule has 0 aromatic rings. The molecule has 106 valence electrons. The minimum absolute atomic E-state index is 0.00248. The number of amides is 2. The van der Waals surface area contributed by atoms with Gasteiger partial charge in [-0.05, 0) is 19.3 Å². The van der Waals surface area contributed by atoms with E-state index in [9.17, 15) is 9.59 Å². The second-order valence-corrected chi connectivity index (χ2v) is 4.67. The van der Waals surface area contributed by atoms with Crippen LogP contribution in [0.5, 0.6) is 0 Å². The van der Waals surface area contributed by atoms with Crippen molar-refractivity contribution < 1.29 is 19.8 Å². The van der Waals surface area contributed by atoms with Gasteiger partial charge < -0.3 is 20.8 Å². The van der Waals surface area contributed by atoms with Gasteiger partial charge in [0, 0.05) is 19.1 Å². The Hall–Kier alpha value is -1.30. The van der Waals surface area contributed by atoms with E-state index in [4.69, 9.17) is 10.2 Å². The summed E-state index contributed by atoms with van der Waals surface area (Å²) in [6, 6.07) is -1.57. The molecule has 0 radical (unpaired) electrons. The van der Waals surface area contributed by atoms with Gasteiger partial charge in [-0.2, -0.15) is 0 Å². The first-order valence-electron chi connectivity index (χ1n) is 6.31. The van der Waals surface area contributed by atoms with E-state index in [2.05, 4.69) is 24.5 Å². The van der Waals surface area contributed by atoms with Crippen LogP contribution in [-0.2, 0) is 4.79 Å². The van der Waals surface area contributed by atoms with Crippen molar-refractivity contribution in [2.24, 2.45) is 5.92 Å². The van der Waals surface area contributed by atoms with E-state index in [1.807, 2.05) is 6.92 Å². The number of carbonyl (C=O) groups is 2. The number of rotatable bonds is 8. The quantitative estimate of drug-likeness (QED) is 0.522. The summed E-state index contributed by atoms with van der Waals surface area (Å²) in [5.74, 6) is -0.637. The zero-order chi connectivity index (χ0) is 14.1. The Morgan fingerprint density at radius 1 is 1.22 bits per heavy atom. The van der Waals surface area contributed by atoms with E-state index in [0.717, 1.165) is 12.8 Å². The maximum absolute atomic E-state index is 11.5. The fourth-order valence-electron chi connectivity index (χ4n) is 1.64. The van der Waals surface area contributed by atoms with Crippen LogP contribution in [0.4, 0.5) is 4.79 Å². The van der Waals surface area contributed by atoms with Gasteiger partial charge in [-0.3, -0.25) is 0 Å².